The average molecular weight is 342 g/mol. The van der Waals surface area contributed by atoms with E-state index in [1.165, 1.54) is 11.1 Å². The summed E-state index contributed by atoms with van der Waals surface area (Å²) in [5.74, 6) is 0.343. The zero-order valence-corrected chi connectivity index (χ0v) is 14.9. The van der Waals surface area contributed by atoms with Crippen molar-refractivity contribution in [1.29, 1.82) is 0 Å². The first-order valence-electron chi connectivity index (χ1n) is 9.32. The third-order valence-corrected chi connectivity index (χ3v) is 6.09. The van der Waals surface area contributed by atoms with Gasteiger partial charge >= 0.3 is 0 Å². The fourth-order valence-electron chi connectivity index (χ4n) is 4.58. The third-order valence-electron chi connectivity index (χ3n) is 6.09. The number of amides is 2. The smallest absolute Gasteiger partial charge is 0.251 e. The Morgan fingerprint density at radius 2 is 1.92 bits per heavy atom. The molecule has 0 aliphatic carbocycles. The maximum Gasteiger partial charge on any atom is 0.251 e. The second-order valence-electron chi connectivity index (χ2n) is 7.71. The van der Waals surface area contributed by atoms with Gasteiger partial charge in [0.1, 0.15) is 6.10 Å². The maximum atomic E-state index is 13.1. The Labute approximate surface area is 148 Å². The molecule has 0 unspecified atom stereocenters. The molecular weight excluding hydrogens is 316 g/mol. The summed E-state index contributed by atoms with van der Waals surface area (Å²) < 4.78 is 5.54. The summed E-state index contributed by atoms with van der Waals surface area (Å²) in [6, 6.07) is 8.36. The Bertz CT molecular complexity index is 673. The van der Waals surface area contributed by atoms with Gasteiger partial charge in [0, 0.05) is 33.3 Å². The standard InChI is InChI=1S/C20H26N2O3/c1-21-14-16-6-3-2-5-15(16)13-20(19(21)24)8-10-22(11-9-20)18(23)17-7-4-12-25-17/h2-3,5-6,17H,4,7-14H2,1H3/t17-/m1/s1. The van der Waals surface area contributed by atoms with Crippen LogP contribution in [0.5, 0.6) is 0 Å². The predicted octanol–water partition coefficient (Wildman–Crippen LogP) is 1.99. The lowest BCUT2D eigenvalue weighted by molar-refractivity contribution is -0.150. The second kappa shape index (κ2) is 6.45. The highest BCUT2D eigenvalue weighted by molar-refractivity contribution is 5.85. The SMILES string of the molecule is CN1Cc2ccccc2CC2(CCN(C(=O)[C@H]3CCCO3)CC2)C1=O. The van der Waals surface area contributed by atoms with E-state index in [2.05, 4.69) is 18.2 Å². The number of carbonyl (C=O) groups excluding carboxylic acids is 2. The molecule has 3 aliphatic heterocycles. The van der Waals surface area contributed by atoms with Gasteiger partial charge in [0.25, 0.3) is 5.91 Å². The van der Waals surface area contributed by atoms with Gasteiger partial charge in [-0.2, -0.15) is 0 Å². The monoisotopic (exact) mass is 342 g/mol. The van der Waals surface area contributed by atoms with Crippen LogP contribution in [0, 0.1) is 5.41 Å². The molecule has 2 saturated heterocycles. The van der Waals surface area contributed by atoms with Gasteiger partial charge in [-0.3, -0.25) is 9.59 Å². The number of benzene rings is 1. The quantitative estimate of drug-likeness (QED) is 0.784. The zero-order chi connectivity index (χ0) is 17.4. The van der Waals surface area contributed by atoms with E-state index >= 15 is 0 Å². The molecule has 4 rings (SSSR count). The van der Waals surface area contributed by atoms with Gasteiger partial charge in [-0.25, -0.2) is 0 Å². The molecule has 1 aromatic rings. The van der Waals surface area contributed by atoms with Crippen molar-refractivity contribution in [2.75, 3.05) is 26.7 Å². The number of nitrogens with zero attached hydrogens (tertiary/aromatic N) is 2. The van der Waals surface area contributed by atoms with Gasteiger partial charge in [0.05, 0.1) is 5.41 Å². The van der Waals surface area contributed by atoms with Crippen LogP contribution in [0.25, 0.3) is 0 Å². The Hall–Kier alpha value is -1.88. The first kappa shape index (κ1) is 16.6. The van der Waals surface area contributed by atoms with E-state index in [4.69, 9.17) is 4.74 Å². The topological polar surface area (TPSA) is 49.9 Å². The van der Waals surface area contributed by atoms with Gasteiger partial charge < -0.3 is 14.5 Å². The van der Waals surface area contributed by atoms with E-state index in [-0.39, 0.29) is 23.3 Å². The number of ether oxygens (including phenoxy) is 1. The van der Waals surface area contributed by atoms with Gasteiger partial charge in [0.15, 0.2) is 0 Å². The number of likely N-dealkylation sites (tertiary alicyclic amines) is 1. The van der Waals surface area contributed by atoms with Crippen molar-refractivity contribution in [2.24, 2.45) is 5.41 Å². The molecule has 0 aromatic heterocycles. The van der Waals surface area contributed by atoms with Gasteiger partial charge in [-0.05, 0) is 43.2 Å². The molecule has 5 heteroatoms. The minimum atomic E-state index is -0.366. The van der Waals surface area contributed by atoms with Crippen molar-refractivity contribution in [3.8, 4) is 0 Å². The summed E-state index contributed by atoms with van der Waals surface area (Å²) in [6.07, 6.45) is 3.80. The maximum absolute atomic E-state index is 13.1. The number of hydrogen-bond acceptors (Lipinski definition) is 3. The Morgan fingerprint density at radius 1 is 1.20 bits per heavy atom. The zero-order valence-electron chi connectivity index (χ0n) is 14.9. The van der Waals surface area contributed by atoms with Crippen LogP contribution in [0.2, 0.25) is 0 Å². The van der Waals surface area contributed by atoms with Crippen LogP contribution < -0.4 is 0 Å². The molecule has 1 spiro atoms. The van der Waals surface area contributed by atoms with Crippen molar-refractivity contribution in [3.05, 3.63) is 35.4 Å². The van der Waals surface area contributed by atoms with Crippen molar-refractivity contribution >= 4 is 11.8 Å². The summed E-state index contributed by atoms with van der Waals surface area (Å²) in [6.45, 7) is 2.67. The molecule has 0 N–H and O–H groups in total. The van der Waals surface area contributed by atoms with Crippen molar-refractivity contribution in [3.63, 3.8) is 0 Å². The molecule has 1 atom stereocenters. The minimum absolute atomic E-state index is 0.113. The summed E-state index contributed by atoms with van der Waals surface area (Å²) >= 11 is 0. The highest BCUT2D eigenvalue weighted by Gasteiger charge is 2.46. The predicted molar refractivity (Wildman–Crippen MR) is 93.8 cm³/mol. The Morgan fingerprint density at radius 3 is 2.60 bits per heavy atom. The first-order valence-corrected chi connectivity index (χ1v) is 9.32. The largest absolute Gasteiger partial charge is 0.368 e. The van der Waals surface area contributed by atoms with E-state index in [0.717, 1.165) is 32.1 Å². The number of carbonyl (C=O) groups is 2. The molecule has 0 radical (unpaired) electrons. The van der Waals surface area contributed by atoms with Crippen LogP contribution in [0.1, 0.15) is 36.8 Å². The van der Waals surface area contributed by atoms with Crippen LogP contribution in [-0.2, 0) is 27.3 Å². The number of fused-ring (bicyclic) bond motifs is 1. The Kier molecular flexibility index (Phi) is 4.28. The molecule has 25 heavy (non-hydrogen) atoms. The van der Waals surface area contributed by atoms with Gasteiger partial charge in [0.2, 0.25) is 5.91 Å². The lowest BCUT2D eigenvalue weighted by Gasteiger charge is -2.42. The fraction of sp³-hybridized carbons (Fsp3) is 0.600. The molecule has 5 nitrogen and oxygen atoms in total. The molecule has 2 amide bonds. The Balaban J connectivity index is 1.52. The lowest BCUT2D eigenvalue weighted by Crippen LogP contribution is -2.52. The normalized spacial score (nSPS) is 25.8. The highest BCUT2D eigenvalue weighted by Crippen LogP contribution is 2.40. The van der Waals surface area contributed by atoms with Crippen molar-refractivity contribution < 1.29 is 14.3 Å². The molecule has 3 heterocycles. The van der Waals surface area contributed by atoms with E-state index in [1.807, 2.05) is 22.9 Å². The molecule has 1 aromatic carbocycles. The van der Waals surface area contributed by atoms with Crippen LogP contribution in [0.4, 0.5) is 0 Å². The highest BCUT2D eigenvalue weighted by atomic mass is 16.5. The van der Waals surface area contributed by atoms with Crippen LogP contribution >= 0.6 is 0 Å². The molecule has 0 bridgehead atoms. The molecular formula is C20H26N2O3. The van der Waals surface area contributed by atoms with E-state index in [0.29, 0.717) is 26.2 Å². The van der Waals surface area contributed by atoms with Gasteiger partial charge in [-0.15, -0.1) is 0 Å². The minimum Gasteiger partial charge on any atom is -0.368 e. The van der Waals surface area contributed by atoms with Crippen molar-refractivity contribution in [1.82, 2.24) is 9.80 Å². The summed E-state index contributed by atoms with van der Waals surface area (Å²) in [4.78, 5) is 29.5. The third kappa shape index (κ3) is 2.95. The van der Waals surface area contributed by atoms with Crippen LogP contribution in [0.3, 0.4) is 0 Å². The van der Waals surface area contributed by atoms with E-state index in [1.54, 1.807) is 0 Å². The number of piperidine rings is 1. The van der Waals surface area contributed by atoms with Crippen LogP contribution in [-0.4, -0.2) is 54.5 Å². The molecule has 2 fully saturated rings. The van der Waals surface area contributed by atoms with Gasteiger partial charge in [-0.1, -0.05) is 24.3 Å². The molecule has 0 saturated carbocycles. The summed E-state index contributed by atoms with van der Waals surface area (Å²) in [5, 5.41) is 0. The average Bonchev–Trinajstić information content (AvgIpc) is 3.14. The summed E-state index contributed by atoms with van der Waals surface area (Å²) in [7, 11) is 1.90. The summed E-state index contributed by atoms with van der Waals surface area (Å²) in [5.41, 5.74) is 2.15. The first-order chi connectivity index (χ1) is 12.1. The number of rotatable bonds is 1. The van der Waals surface area contributed by atoms with Crippen molar-refractivity contribution in [2.45, 2.75) is 44.8 Å². The van der Waals surface area contributed by atoms with E-state index in [9.17, 15) is 9.59 Å². The van der Waals surface area contributed by atoms with Crippen LogP contribution in [0.15, 0.2) is 24.3 Å². The number of hydrogen-bond donors (Lipinski definition) is 0. The lowest BCUT2D eigenvalue weighted by atomic mass is 9.73. The van der Waals surface area contributed by atoms with E-state index < -0.39 is 0 Å². The second-order valence-corrected chi connectivity index (χ2v) is 7.71. The molecule has 134 valence electrons. The fourth-order valence-corrected chi connectivity index (χ4v) is 4.58. The molecule has 3 aliphatic rings.